The standard InChI is InChI=1S/C21H32N4O3/c1-16-7-8-17(20(26)22-2)13-19(16)23-21(27)25-11-6-12-28-18(15-25)14-24-9-4-3-5-10-24/h7-8,13,18H,3-6,9-12,14-15H2,1-2H3,(H,22,26)(H,23,27)/t18-/m0/s1. The summed E-state index contributed by atoms with van der Waals surface area (Å²) in [5.74, 6) is -0.166. The molecule has 154 valence electrons. The second-order valence-corrected chi connectivity index (χ2v) is 7.69. The Morgan fingerprint density at radius 2 is 1.93 bits per heavy atom. The highest BCUT2D eigenvalue weighted by Crippen LogP contribution is 2.19. The molecule has 7 nitrogen and oxygen atoms in total. The largest absolute Gasteiger partial charge is 0.375 e. The van der Waals surface area contributed by atoms with Crippen molar-refractivity contribution in [2.75, 3.05) is 51.7 Å². The van der Waals surface area contributed by atoms with E-state index in [2.05, 4.69) is 15.5 Å². The summed E-state index contributed by atoms with van der Waals surface area (Å²) in [4.78, 5) is 29.1. The lowest BCUT2D eigenvalue weighted by Gasteiger charge is -2.31. The first-order chi connectivity index (χ1) is 13.6. The Hall–Kier alpha value is -2.12. The summed E-state index contributed by atoms with van der Waals surface area (Å²) < 4.78 is 6.01. The quantitative estimate of drug-likeness (QED) is 0.831. The van der Waals surface area contributed by atoms with E-state index in [9.17, 15) is 9.59 Å². The lowest BCUT2D eigenvalue weighted by Crippen LogP contribution is -2.45. The van der Waals surface area contributed by atoms with Crippen molar-refractivity contribution in [3.63, 3.8) is 0 Å². The van der Waals surface area contributed by atoms with Crippen LogP contribution >= 0.6 is 0 Å². The molecule has 2 N–H and O–H groups in total. The Balaban J connectivity index is 1.63. The van der Waals surface area contributed by atoms with Crippen molar-refractivity contribution in [1.82, 2.24) is 15.1 Å². The lowest BCUT2D eigenvalue weighted by molar-refractivity contribution is 0.0261. The smallest absolute Gasteiger partial charge is 0.321 e. The molecule has 2 saturated heterocycles. The van der Waals surface area contributed by atoms with Gasteiger partial charge in [0.15, 0.2) is 0 Å². The van der Waals surface area contributed by atoms with Gasteiger partial charge in [-0.15, -0.1) is 0 Å². The molecule has 1 aromatic rings. The van der Waals surface area contributed by atoms with Crippen LogP contribution in [0.3, 0.4) is 0 Å². The Labute approximate surface area is 167 Å². The molecule has 0 saturated carbocycles. The van der Waals surface area contributed by atoms with Gasteiger partial charge in [0, 0.05) is 44.5 Å². The van der Waals surface area contributed by atoms with Crippen molar-refractivity contribution < 1.29 is 14.3 Å². The van der Waals surface area contributed by atoms with Gasteiger partial charge in [-0.25, -0.2) is 4.79 Å². The molecule has 2 aliphatic rings. The molecule has 2 fully saturated rings. The molecule has 3 amide bonds. The van der Waals surface area contributed by atoms with Crippen molar-refractivity contribution in [2.24, 2.45) is 0 Å². The van der Waals surface area contributed by atoms with E-state index in [0.717, 1.165) is 31.6 Å². The fourth-order valence-electron chi connectivity index (χ4n) is 3.86. The first kappa shape index (κ1) is 20.6. The number of rotatable bonds is 4. The van der Waals surface area contributed by atoms with E-state index in [4.69, 9.17) is 4.74 Å². The number of carbonyl (C=O) groups is 2. The molecule has 1 aromatic carbocycles. The third kappa shape index (κ3) is 5.45. The average molecular weight is 389 g/mol. The molecule has 0 unspecified atom stereocenters. The van der Waals surface area contributed by atoms with Crippen LogP contribution in [-0.2, 0) is 4.74 Å². The maximum absolute atomic E-state index is 12.9. The molecule has 3 rings (SSSR count). The number of nitrogens with zero attached hydrogens (tertiary/aromatic N) is 2. The van der Waals surface area contributed by atoms with Crippen LogP contribution in [0.1, 0.15) is 41.6 Å². The minimum atomic E-state index is -0.166. The van der Waals surface area contributed by atoms with Crippen LogP contribution in [0.5, 0.6) is 0 Å². The molecular weight excluding hydrogens is 356 g/mol. The van der Waals surface area contributed by atoms with Gasteiger partial charge in [-0.05, 0) is 57.0 Å². The number of benzene rings is 1. The van der Waals surface area contributed by atoms with Gasteiger partial charge in [-0.2, -0.15) is 0 Å². The second-order valence-electron chi connectivity index (χ2n) is 7.69. The maximum atomic E-state index is 12.9. The normalized spacial score (nSPS) is 21.1. The van der Waals surface area contributed by atoms with Gasteiger partial charge < -0.3 is 25.2 Å². The minimum absolute atomic E-state index is 0.0460. The molecule has 0 spiro atoms. The molecule has 7 heteroatoms. The van der Waals surface area contributed by atoms with Gasteiger partial charge in [0.2, 0.25) is 0 Å². The van der Waals surface area contributed by atoms with Gasteiger partial charge in [0.05, 0.1) is 6.10 Å². The zero-order valence-corrected chi connectivity index (χ0v) is 17.0. The number of piperidine rings is 1. The Bertz CT molecular complexity index is 688. The van der Waals surface area contributed by atoms with E-state index in [1.54, 1.807) is 19.2 Å². The van der Waals surface area contributed by atoms with Crippen molar-refractivity contribution in [3.8, 4) is 0 Å². The van der Waals surface area contributed by atoms with Crippen LogP contribution in [0.4, 0.5) is 10.5 Å². The predicted molar refractivity (Wildman–Crippen MR) is 110 cm³/mol. The van der Waals surface area contributed by atoms with E-state index >= 15 is 0 Å². The number of amides is 3. The van der Waals surface area contributed by atoms with E-state index < -0.39 is 0 Å². The van der Waals surface area contributed by atoms with Crippen LogP contribution in [0.15, 0.2) is 18.2 Å². The highest BCUT2D eigenvalue weighted by molar-refractivity contribution is 5.97. The lowest BCUT2D eigenvalue weighted by atomic mass is 10.1. The predicted octanol–water partition coefficient (Wildman–Crippen LogP) is 2.46. The highest BCUT2D eigenvalue weighted by atomic mass is 16.5. The highest BCUT2D eigenvalue weighted by Gasteiger charge is 2.25. The van der Waals surface area contributed by atoms with Crippen LogP contribution in [0.2, 0.25) is 0 Å². The number of nitrogens with one attached hydrogen (secondary N) is 2. The Morgan fingerprint density at radius 1 is 1.14 bits per heavy atom. The zero-order chi connectivity index (χ0) is 19.9. The first-order valence-electron chi connectivity index (χ1n) is 10.3. The SMILES string of the molecule is CNC(=O)c1ccc(C)c(NC(=O)N2CCCO[C@@H](CN3CCCCC3)C2)c1. The van der Waals surface area contributed by atoms with Crippen LogP contribution in [0, 0.1) is 6.92 Å². The summed E-state index contributed by atoms with van der Waals surface area (Å²) in [5.41, 5.74) is 2.13. The maximum Gasteiger partial charge on any atom is 0.321 e. The molecule has 1 atom stereocenters. The third-order valence-corrected chi connectivity index (χ3v) is 5.52. The van der Waals surface area contributed by atoms with Gasteiger partial charge in [-0.1, -0.05) is 12.5 Å². The third-order valence-electron chi connectivity index (χ3n) is 5.52. The van der Waals surface area contributed by atoms with Gasteiger partial charge in [0.1, 0.15) is 0 Å². The number of anilines is 1. The number of hydrogen-bond donors (Lipinski definition) is 2. The summed E-state index contributed by atoms with van der Waals surface area (Å²) in [6.45, 7) is 7.01. The molecular formula is C21H32N4O3. The summed E-state index contributed by atoms with van der Waals surface area (Å²) in [6.07, 6.45) is 4.69. The Morgan fingerprint density at radius 3 is 2.68 bits per heavy atom. The molecule has 28 heavy (non-hydrogen) atoms. The summed E-state index contributed by atoms with van der Waals surface area (Å²) in [5, 5.41) is 5.60. The molecule has 2 aliphatic heterocycles. The van der Waals surface area contributed by atoms with Gasteiger partial charge >= 0.3 is 6.03 Å². The van der Waals surface area contributed by atoms with Crippen molar-refractivity contribution in [1.29, 1.82) is 0 Å². The summed E-state index contributed by atoms with van der Waals surface area (Å²) in [6, 6.07) is 5.21. The Kier molecular flexibility index (Phi) is 7.28. The van der Waals surface area contributed by atoms with Crippen molar-refractivity contribution in [2.45, 2.75) is 38.7 Å². The number of aryl methyl sites for hydroxylation is 1. The second kappa shape index (κ2) is 9.89. The number of carbonyl (C=O) groups excluding carboxylic acids is 2. The van der Waals surface area contributed by atoms with Gasteiger partial charge in [0.25, 0.3) is 5.91 Å². The van der Waals surface area contributed by atoms with E-state index in [-0.39, 0.29) is 18.0 Å². The molecule has 0 aromatic heterocycles. The van der Waals surface area contributed by atoms with Crippen LogP contribution < -0.4 is 10.6 Å². The first-order valence-corrected chi connectivity index (χ1v) is 10.3. The molecule has 0 aliphatic carbocycles. The fourth-order valence-corrected chi connectivity index (χ4v) is 3.86. The number of hydrogen-bond acceptors (Lipinski definition) is 4. The molecule has 0 radical (unpaired) electrons. The van der Waals surface area contributed by atoms with Crippen LogP contribution in [-0.4, -0.2) is 74.2 Å². The zero-order valence-electron chi connectivity index (χ0n) is 17.0. The monoisotopic (exact) mass is 388 g/mol. The average Bonchev–Trinajstić information content (AvgIpc) is 2.95. The molecule has 2 heterocycles. The van der Waals surface area contributed by atoms with Crippen LogP contribution in [0.25, 0.3) is 0 Å². The summed E-state index contributed by atoms with van der Waals surface area (Å²) in [7, 11) is 1.60. The number of ether oxygens (including phenoxy) is 1. The topological polar surface area (TPSA) is 73.9 Å². The number of urea groups is 1. The number of likely N-dealkylation sites (tertiary alicyclic amines) is 1. The van der Waals surface area contributed by atoms with Crippen molar-refractivity contribution >= 4 is 17.6 Å². The van der Waals surface area contributed by atoms with Crippen molar-refractivity contribution in [3.05, 3.63) is 29.3 Å². The minimum Gasteiger partial charge on any atom is -0.375 e. The van der Waals surface area contributed by atoms with E-state index in [0.29, 0.717) is 30.9 Å². The van der Waals surface area contributed by atoms with Gasteiger partial charge in [-0.3, -0.25) is 4.79 Å². The van der Waals surface area contributed by atoms with E-state index in [1.807, 2.05) is 17.9 Å². The van der Waals surface area contributed by atoms with E-state index in [1.165, 1.54) is 19.3 Å². The molecule has 0 bridgehead atoms. The fraction of sp³-hybridized carbons (Fsp3) is 0.619. The summed E-state index contributed by atoms with van der Waals surface area (Å²) >= 11 is 0.